The summed E-state index contributed by atoms with van der Waals surface area (Å²) in [6, 6.07) is 8.78. The average Bonchev–Trinajstić information content (AvgIpc) is 2.57. The highest BCUT2D eigenvalue weighted by atomic mass is 15.2. The van der Waals surface area contributed by atoms with Crippen molar-refractivity contribution in [3.8, 4) is 0 Å². The minimum atomic E-state index is 0.127. The van der Waals surface area contributed by atoms with Crippen molar-refractivity contribution in [2.75, 3.05) is 18.5 Å². The van der Waals surface area contributed by atoms with E-state index in [1.165, 1.54) is 43.4 Å². The molecule has 0 aromatic heterocycles. The fourth-order valence-corrected chi connectivity index (χ4v) is 3.50. The smallest absolute Gasteiger partial charge is 0.0521 e. The maximum absolute atomic E-state index is 6.23. The Balaban J connectivity index is 2.26. The fraction of sp³-hybridized carbons (Fsp3) is 0.667. The van der Waals surface area contributed by atoms with Crippen LogP contribution in [0, 0.1) is 12.3 Å². The number of aryl methyl sites for hydroxylation is 1. The lowest BCUT2D eigenvalue weighted by atomic mass is 9.83. The Morgan fingerprint density at radius 2 is 1.90 bits per heavy atom. The third-order valence-electron chi connectivity index (χ3n) is 5.24. The third-order valence-corrected chi connectivity index (χ3v) is 5.24. The van der Waals surface area contributed by atoms with Gasteiger partial charge in [-0.2, -0.15) is 0 Å². The Kier molecular flexibility index (Phi) is 4.43. The molecule has 1 aliphatic rings. The van der Waals surface area contributed by atoms with Crippen LogP contribution < -0.4 is 10.6 Å². The van der Waals surface area contributed by atoms with Crippen LogP contribution in [0.15, 0.2) is 24.3 Å². The van der Waals surface area contributed by atoms with Crippen LogP contribution in [-0.4, -0.2) is 19.1 Å². The van der Waals surface area contributed by atoms with Gasteiger partial charge in [-0.25, -0.2) is 0 Å². The van der Waals surface area contributed by atoms with Gasteiger partial charge in [0.15, 0.2) is 0 Å². The molecule has 2 N–H and O–H groups in total. The number of nitrogens with zero attached hydrogens (tertiary/aromatic N) is 1. The van der Waals surface area contributed by atoms with Crippen LogP contribution >= 0.6 is 0 Å². The van der Waals surface area contributed by atoms with Gasteiger partial charge in [0, 0.05) is 19.3 Å². The van der Waals surface area contributed by atoms with Gasteiger partial charge in [-0.15, -0.1) is 0 Å². The van der Waals surface area contributed by atoms with Gasteiger partial charge in [0.25, 0.3) is 0 Å². The van der Waals surface area contributed by atoms with Gasteiger partial charge in [-0.1, -0.05) is 32.4 Å². The molecule has 0 saturated heterocycles. The van der Waals surface area contributed by atoms with Crippen LogP contribution in [0.5, 0.6) is 0 Å². The largest absolute Gasteiger partial charge is 0.368 e. The predicted octanol–water partition coefficient (Wildman–Crippen LogP) is 4.12. The van der Waals surface area contributed by atoms with E-state index in [-0.39, 0.29) is 5.54 Å². The van der Waals surface area contributed by atoms with E-state index in [2.05, 4.69) is 57.0 Å². The molecule has 1 atom stereocenters. The second-order valence-electron chi connectivity index (χ2n) is 7.34. The third kappa shape index (κ3) is 3.17. The van der Waals surface area contributed by atoms with Crippen LogP contribution in [0.25, 0.3) is 0 Å². The second-order valence-corrected chi connectivity index (χ2v) is 7.34. The second kappa shape index (κ2) is 5.77. The topological polar surface area (TPSA) is 29.3 Å². The minimum absolute atomic E-state index is 0.127. The highest BCUT2D eigenvalue weighted by molar-refractivity contribution is 5.50. The molecule has 0 bridgehead atoms. The zero-order chi connectivity index (χ0) is 14.8. The Labute approximate surface area is 124 Å². The van der Waals surface area contributed by atoms with Crippen LogP contribution in [0.2, 0.25) is 0 Å². The standard InChI is InChI=1S/C18H30N2/c1-15-7-5-8-16(13-15)20(4)18(14-19)10-6-9-17(2,3)11-12-18/h5,7-8,13H,6,9-12,14,19H2,1-4H3. The van der Waals surface area contributed by atoms with Gasteiger partial charge in [0.05, 0.1) is 5.54 Å². The molecule has 0 spiro atoms. The highest BCUT2D eigenvalue weighted by Gasteiger charge is 2.37. The summed E-state index contributed by atoms with van der Waals surface area (Å²) in [5.74, 6) is 0. The predicted molar refractivity (Wildman–Crippen MR) is 88.2 cm³/mol. The van der Waals surface area contributed by atoms with E-state index in [4.69, 9.17) is 5.73 Å². The Morgan fingerprint density at radius 1 is 1.15 bits per heavy atom. The molecule has 0 amide bonds. The van der Waals surface area contributed by atoms with Crippen LogP contribution in [0.1, 0.15) is 51.5 Å². The summed E-state index contributed by atoms with van der Waals surface area (Å²) >= 11 is 0. The number of anilines is 1. The summed E-state index contributed by atoms with van der Waals surface area (Å²) in [7, 11) is 2.22. The molecule has 0 radical (unpaired) electrons. The lowest BCUT2D eigenvalue weighted by molar-refractivity contribution is 0.296. The summed E-state index contributed by atoms with van der Waals surface area (Å²) < 4.78 is 0. The molecule has 1 aromatic rings. The van der Waals surface area contributed by atoms with Gasteiger partial charge < -0.3 is 10.6 Å². The molecule has 2 nitrogen and oxygen atoms in total. The summed E-state index contributed by atoms with van der Waals surface area (Å²) in [6.45, 7) is 7.69. The molecule has 20 heavy (non-hydrogen) atoms. The van der Waals surface area contributed by atoms with Crippen LogP contribution in [0.3, 0.4) is 0 Å². The first-order valence-electron chi connectivity index (χ1n) is 7.89. The fourth-order valence-electron chi connectivity index (χ4n) is 3.50. The number of hydrogen-bond donors (Lipinski definition) is 1. The maximum Gasteiger partial charge on any atom is 0.0521 e. The zero-order valence-electron chi connectivity index (χ0n) is 13.6. The quantitative estimate of drug-likeness (QED) is 0.840. The van der Waals surface area contributed by atoms with Gasteiger partial charge in [0.2, 0.25) is 0 Å². The number of likely N-dealkylation sites (N-methyl/N-ethyl adjacent to an activating group) is 1. The number of hydrogen-bond acceptors (Lipinski definition) is 2. The monoisotopic (exact) mass is 274 g/mol. The van der Waals surface area contributed by atoms with Crippen molar-refractivity contribution in [3.63, 3.8) is 0 Å². The summed E-state index contributed by atoms with van der Waals surface area (Å²) in [6.07, 6.45) is 6.26. The van der Waals surface area contributed by atoms with Crippen molar-refractivity contribution in [1.82, 2.24) is 0 Å². The van der Waals surface area contributed by atoms with Gasteiger partial charge >= 0.3 is 0 Å². The number of rotatable bonds is 3. The minimum Gasteiger partial charge on any atom is -0.368 e. The first-order valence-corrected chi connectivity index (χ1v) is 7.89. The summed E-state index contributed by atoms with van der Waals surface area (Å²) in [5.41, 5.74) is 9.44. The molecule has 112 valence electrons. The van der Waals surface area contributed by atoms with Gasteiger partial charge in [-0.05, 0) is 55.7 Å². The molecule has 2 heteroatoms. The Morgan fingerprint density at radius 3 is 2.55 bits per heavy atom. The lowest BCUT2D eigenvalue weighted by Crippen LogP contribution is -2.52. The Bertz CT molecular complexity index is 452. The van der Waals surface area contributed by atoms with E-state index in [0.717, 1.165) is 6.54 Å². The molecule has 1 aromatic carbocycles. The van der Waals surface area contributed by atoms with Crippen LogP contribution in [-0.2, 0) is 0 Å². The molecule has 1 fully saturated rings. The van der Waals surface area contributed by atoms with Crippen molar-refractivity contribution >= 4 is 5.69 Å². The van der Waals surface area contributed by atoms with Crippen molar-refractivity contribution < 1.29 is 0 Å². The molecule has 0 aliphatic heterocycles. The van der Waals surface area contributed by atoms with E-state index in [0.29, 0.717) is 5.41 Å². The first-order chi connectivity index (χ1) is 9.38. The number of nitrogens with two attached hydrogens (primary N) is 1. The van der Waals surface area contributed by atoms with E-state index in [1.807, 2.05) is 0 Å². The van der Waals surface area contributed by atoms with Crippen molar-refractivity contribution in [2.24, 2.45) is 11.1 Å². The normalized spacial score (nSPS) is 26.1. The molecule has 1 aliphatic carbocycles. The SMILES string of the molecule is Cc1cccc(N(C)C2(CN)CCCC(C)(C)CC2)c1. The molecule has 2 rings (SSSR count). The van der Waals surface area contributed by atoms with Crippen LogP contribution in [0.4, 0.5) is 5.69 Å². The first kappa shape index (κ1) is 15.4. The molecule has 1 unspecified atom stereocenters. The molecular formula is C18H30N2. The van der Waals surface area contributed by atoms with Gasteiger partial charge in [-0.3, -0.25) is 0 Å². The van der Waals surface area contributed by atoms with Crippen molar-refractivity contribution in [3.05, 3.63) is 29.8 Å². The van der Waals surface area contributed by atoms with Crippen molar-refractivity contribution in [2.45, 2.75) is 58.4 Å². The van der Waals surface area contributed by atoms with E-state index in [9.17, 15) is 0 Å². The lowest BCUT2D eigenvalue weighted by Gasteiger charge is -2.43. The highest BCUT2D eigenvalue weighted by Crippen LogP contribution is 2.41. The summed E-state index contributed by atoms with van der Waals surface area (Å²) in [5, 5.41) is 0. The number of benzene rings is 1. The summed E-state index contributed by atoms with van der Waals surface area (Å²) in [4.78, 5) is 2.45. The average molecular weight is 274 g/mol. The Hall–Kier alpha value is -1.02. The molecule has 1 saturated carbocycles. The zero-order valence-corrected chi connectivity index (χ0v) is 13.6. The van der Waals surface area contributed by atoms with E-state index >= 15 is 0 Å². The van der Waals surface area contributed by atoms with E-state index < -0.39 is 0 Å². The van der Waals surface area contributed by atoms with E-state index in [1.54, 1.807) is 0 Å². The van der Waals surface area contributed by atoms with Gasteiger partial charge in [0.1, 0.15) is 0 Å². The van der Waals surface area contributed by atoms with Crippen molar-refractivity contribution in [1.29, 1.82) is 0 Å². The molecular weight excluding hydrogens is 244 g/mol. The maximum atomic E-state index is 6.23. The molecule has 0 heterocycles.